The van der Waals surface area contributed by atoms with Crippen LogP contribution >= 0.6 is 0 Å². The Morgan fingerprint density at radius 2 is 0.506 bits per heavy atom. The molecule has 0 saturated carbocycles. The van der Waals surface area contributed by atoms with Gasteiger partial charge in [0.25, 0.3) is 11.8 Å². The number of amides is 3. The molecule has 1 aliphatic rings. The number of alkyl carbamates (subject to hydrolysis) is 1. The molecule has 0 saturated heterocycles. The largest absolute Gasteiger partial charge is 0.444 e. The maximum absolute atomic E-state index is 11.3. The predicted octanol–water partition coefficient (Wildman–Crippen LogP) is 0.828. The standard InChI is InChI=1S/C66H2.C15H24N2O6/c1-3-5-7-9-11-13-15-17-19-21-23-25-27-29-31-33-35-37-39-41-43-45-47-49-51-53-55-57-59-61-63-65-66-64-62-60-58-56-54-52-50-48-46-44-42-40-38-36-34-32-30-28-26-24-22-20-18-16-14-12-10-8-6-4-2;1-15(2,3)23-14(20)16-6-8-21-10-11-22-9-7-17-12(18)4-5-13(17)19/h1-2H;4-5H,6-11H2,1-3H3,(H,16,20). The second-order valence-electron chi connectivity index (χ2n) is 13.9. The molecule has 1 rings (SSSR count). The van der Waals surface area contributed by atoms with Crippen molar-refractivity contribution in [2.24, 2.45) is 0 Å². The van der Waals surface area contributed by atoms with E-state index in [1.54, 1.807) is 20.8 Å². The summed E-state index contributed by atoms with van der Waals surface area (Å²) in [6, 6.07) is 0. The average molecular weight is 1120 g/mol. The summed E-state index contributed by atoms with van der Waals surface area (Å²) in [5.74, 6) is 157. The highest BCUT2D eigenvalue weighted by atomic mass is 16.6. The molecular weight excluding hydrogens is 1100 g/mol. The van der Waals surface area contributed by atoms with Crippen molar-refractivity contribution in [1.29, 1.82) is 0 Å². The van der Waals surface area contributed by atoms with E-state index in [4.69, 9.17) is 27.1 Å². The summed E-state index contributed by atoms with van der Waals surface area (Å²) < 4.78 is 15.6. The monoisotopic (exact) mass is 1120 g/mol. The van der Waals surface area contributed by atoms with E-state index in [2.05, 4.69) is 384 Å². The van der Waals surface area contributed by atoms with Crippen molar-refractivity contribution in [3.8, 4) is 392 Å². The van der Waals surface area contributed by atoms with Gasteiger partial charge in [-0.1, -0.05) is 0 Å². The van der Waals surface area contributed by atoms with Gasteiger partial charge in [-0.3, -0.25) is 14.5 Å². The Morgan fingerprint density at radius 3 is 0.685 bits per heavy atom. The molecule has 8 nitrogen and oxygen atoms in total. The Morgan fingerprint density at radius 1 is 0.326 bits per heavy atom. The Hall–Kier alpha value is -16.5. The first kappa shape index (κ1) is 72.5. The summed E-state index contributed by atoms with van der Waals surface area (Å²) in [5, 5.41) is 2.57. The first-order valence-electron chi connectivity index (χ1n) is 23.8. The van der Waals surface area contributed by atoms with Crippen molar-refractivity contribution in [2.75, 3.05) is 39.5 Å². The van der Waals surface area contributed by atoms with E-state index in [1.165, 1.54) is 12.2 Å². The lowest BCUT2D eigenvalue weighted by atomic mass is 10.2. The Bertz CT molecular complexity index is 4830. The number of nitrogens with one attached hydrogen (secondary N) is 1. The fourth-order valence-electron chi connectivity index (χ4n) is 3.62. The number of carbonyl (C=O) groups excluding carboxylic acids is 3. The lowest BCUT2D eigenvalue weighted by Gasteiger charge is -2.19. The van der Waals surface area contributed by atoms with Crippen molar-refractivity contribution in [2.45, 2.75) is 26.4 Å². The van der Waals surface area contributed by atoms with Crippen LogP contribution in [0.1, 0.15) is 20.8 Å². The van der Waals surface area contributed by atoms with Crippen LogP contribution in [0.5, 0.6) is 0 Å². The Balaban J connectivity index is 0.00000279. The van der Waals surface area contributed by atoms with Gasteiger partial charge in [0.15, 0.2) is 0 Å². The number of nitrogens with zero attached hydrogens (tertiary/aromatic N) is 1. The van der Waals surface area contributed by atoms with Crippen molar-refractivity contribution in [1.82, 2.24) is 10.2 Å². The molecule has 1 aliphatic heterocycles. The van der Waals surface area contributed by atoms with Crippen LogP contribution in [0.2, 0.25) is 0 Å². The summed E-state index contributed by atoms with van der Waals surface area (Å²) in [4.78, 5) is 35.0. The van der Waals surface area contributed by atoms with Crippen LogP contribution in [0, 0.1) is 392 Å². The molecule has 0 fully saturated rings. The molecule has 396 valence electrons. The quantitative estimate of drug-likeness (QED) is 0.209. The van der Waals surface area contributed by atoms with Crippen molar-refractivity contribution in [3.63, 3.8) is 0 Å². The number of hydrogen-bond acceptors (Lipinski definition) is 6. The highest BCUT2D eigenvalue weighted by molar-refractivity contribution is 6.12. The minimum Gasteiger partial charge on any atom is -0.444 e. The number of imide groups is 1. The van der Waals surface area contributed by atoms with E-state index in [9.17, 15) is 14.4 Å². The third kappa shape index (κ3) is 59.1. The van der Waals surface area contributed by atoms with E-state index in [-0.39, 0.29) is 25.0 Å². The molecule has 1 N–H and O–H groups in total. The molecule has 0 radical (unpaired) electrons. The fraction of sp³-hybridized carbons (Fsp3) is 0.123. The van der Waals surface area contributed by atoms with Gasteiger partial charge in [0.1, 0.15) is 5.60 Å². The van der Waals surface area contributed by atoms with Crippen LogP contribution < -0.4 is 5.32 Å². The van der Waals surface area contributed by atoms with Crippen LogP contribution in [0.15, 0.2) is 12.2 Å². The van der Waals surface area contributed by atoms with E-state index in [0.717, 1.165) is 4.90 Å². The fourth-order valence-corrected chi connectivity index (χ4v) is 3.62. The molecule has 8 heteroatoms. The number of hydrogen-bond donors (Lipinski definition) is 1. The molecule has 0 aromatic carbocycles. The zero-order chi connectivity index (χ0) is 64.5. The number of terminal acetylenes is 2. The second kappa shape index (κ2) is 59.2. The molecule has 0 atom stereocenters. The SMILES string of the molecule is C#CC#CC#CC#CC#CC#CC#CC#CC#CC#CC#CC#CC#CC#CC#CC#CC#CC#CC#CC#CC#CC#CC#CC#CC#CC#CC#CC#CC#CC#CC#CC#CC#C.CC(C)(C)OC(=O)NCCOCCOCCN1C(=O)C=CC1=O. The third-order valence-electron chi connectivity index (χ3n) is 6.60. The summed E-state index contributed by atoms with van der Waals surface area (Å²) in [5.41, 5.74) is -0.521. The van der Waals surface area contributed by atoms with Gasteiger partial charge in [0.2, 0.25) is 0 Å². The summed E-state index contributed by atoms with van der Waals surface area (Å²) in [7, 11) is 0. The minimum atomic E-state index is -0.521. The molecule has 0 aromatic heterocycles. The van der Waals surface area contributed by atoms with Gasteiger partial charge in [0, 0.05) is 303 Å². The topological polar surface area (TPSA) is 94.2 Å². The highest BCUT2D eigenvalue weighted by Crippen LogP contribution is 2.06. The van der Waals surface area contributed by atoms with Crippen molar-refractivity contribution in [3.05, 3.63) is 12.2 Å². The van der Waals surface area contributed by atoms with Gasteiger partial charge in [-0.2, -0.15) is 0 Å². The third-order valence-corrected chi connectivity index (χ3v) is 6.60. The molecule has 3 amide bonds. The molecule has 0 aromatic rings. The first-order chi connectivity index (χ1) is 43.7. The van der Waals surface area contributed by atoms with E-state index < -0.39 is 11.7 Å². The molecule has 0 spiro atoms. The van der Waals surface area contributed by atoms with Crippen LogP contribution in [-0.4, -0.2) is 67.9 Å². The maximum Gasteiger partial charge on any atom is 0.407 e. The number of ether oxygens (including phenoxy) is 3. The lowest BCUT2D eigenvalue weighted by molar-refractivity contribution is -0.137. The maximum atomic E-state index is 11.3. The highest BCUT2D eigenvalue weighted by Gasteiger charge is 2.22. The van der Waals surface area contributed by atoms with Gasteiger partial charge in [-0.15, -0.1) is 12.8 Å². The molecular formula is C81H26N2O6. The van der Waals surface area contributed by atoms with Gasteiger partial charge in [-0.05, 0) is 115 Å². The average Bonchev–Trinajstić information content (AvgIpc) is 4.15. The summed E-state index contributed by atoms with van der Waals surface area (Å²) >= 11 is 0. The predicted molar refractivity (Wildman–Crippen MR) is 340 cm³/mol. The molecule has 1 heterocycles. The minimum absolute atomic E-state index is 0.227. The smallest absolute Gasteiger partial charge is 0.407 e. The lowest BCUT2D eigenvalue weighted by Crippen LogP contribution is -2.34. The first-order valence-corrected chi connectivity index (χ1v) is 23.8. The summed E-state index contributed by atoms with van der Waals surface area (Å²) in [6.45, 7) is 7.25. The molecule has 0 unspecified atom stereocenters. The van der Waals surface area contributed by atoms with E-state index in [1.807, 2.05) is 0 Å². The molecule has 0 bridgehead atoms. The van der Waals surface area contributed by atoms with Crippen LogP contribution in [0.25, 0.3) is 0 Å². The van der Waals surface area contributed by atoms with Gasteiger partial charge < -0.3 is 19.5 Å². The van der Waals surface area contributed by atoms with Crippen molar-refractivity contribution >= 4 is 17.9 Å². The number of carbonyl (C=O) groups is 3. The molecule has 89 heavy (non-hydrogen) atoms. The molecule has 0 aliphatic carbocycles. The number of rotatable bonds is 9. The van der Waals surface area contributed by atoms with Crippen LogP contribution in [0.3, 0.4) is 0 Å². The van der Waals surface area contributed by atoms with Gasteiger partial charge in [0.05, 0.1) is 33.0 Å². The van der Waals surface area contributed by atoms with E-state index in [0.29, 0.717) is 26.4 Å². The zero-order valence-electron chi connectivity index (χ0n) is 46.9. The van der Waals surface area contributed by atoms with Gasteiger partial charge >= 0.3 is 6.09 Å². The zero-order valence-corrected chi connectivity index (χ0v) is 46.9. The van der Waals surface area contributed by atoms with Crippen molar-refractivity contribution < 1.29 is 28.6 Å². The van der Waals surface area contributed by atoms with Crippen LogP contribution in [-0.2, 0) is 23.8 Å². The summed E-state index contributed by atoms with van der Waals surface area (Å²) in [6.07, 6.45) is 11.9. The van der Waals surface area contributed by atoms with Crippen LogP contribution in [0.4, 0.5) is 4.79 Å². The van der Waals surface area contributed by atoms with Gasteiger partial charge in [-0.25, -0.2) is 4.79 Å². The second-order valence-corrected chi connectivity index (χ2v) is 13.9. The Kier molecular flexibility index (Phi) is 48.3. The Labute approximate surface area is 523 Å². The normalized spacial score (nSPS) is 6.64. The van der Waals surface area contributed by atoms with E-state index >= 15 is 0 Å².